The molecule has 1 aliphatic carbocycles. The molecule has 2 aromatic carbocycles. The summed E-state index contributed by atoms with van der Waals surface area (Å²) in [7, 11) is 0. The van der Waals surface area contributed by atoms with Gasteiger partial charge in [-0.15, -0.1) is 6.58 Å². The zero-order valence-corrected chi connectivity index (χ0v) is 20.3. The molecule has 5 rings (SSSR count). The fourth-order valence-electron chi connectivity index (χ4n) is 4.50. The van der Waals surface area contributed by atoms with Crippen molar-refractivity contribution in [1.29, 1.82) is 0 Å². The molecule has 35 heavy (non-hydrogen) atoms. The lowest BCUT2D eigenvalue weighted by atomic mass is 9.86. The van der Waals surface area contributed by atoms with Gasteiger partial charge in [0.15, 0.2) is 11.6 Å². The summed E-state index contributed by atoms with van der Waals surface area (Å²) in [6, 6.07) is 16.8. The average molecular weight is 459 g/mol. The average Bonchev–Trinajstić information content (AvgIpc) is 3.21. The van der Waals surface area contributed by atoms with Crippen LogP contribution in [0.5, 0.6) is 0 Å². The smallest absolute Gasteiger partial charge is 0.163 e. The Morgan fingerprint density at radius 1 is 1.03 bits per heavy atom. The van der Waals surface area contributed by atoms with Crippen LogP contribution in [0, 0.1) is 0 Å². The van der Waals surface area contributed by atoms with Gasteiger partial charge in [0.2, 0.25) is 0 Å². The van der Waals surface area contributed by atoms with Gasteiger partial charge in [-0.05, 0) is 41.5 Å². The molecule has 2 heterocycles. The van der Waals surface area contributed by atoms with Crippen LogP contribution in [0.1, 0.15) is 54.5 Å². The van der Waals surface area contributed by atoms with E-state index in [0.29, 0.717) is 11.6 Å². The van der Waals surface area contributed by atoms with E-state index in [1.54, 1.807) is 0 Å². The Balaban J connectivity index is 1.52. The second-order valence-corrected chi connectivity index (χ2v) is 9.50. The molecule has 1 aliphatic heterocycles. The van der Waals surface area contributed by atoms with E-state index in [4.69, 9.17) is 15.0 Å². The molecule has 2 aliphatic rings. The monoisotopic (exact) mass is 458 g/mol. The Hall–Kier alpha value is -4.05. The fraction of sp³-hybridized carbons (Fsp3) is 0.194. The van der Waals surface area contributed by atoms with Gasteiger partial charge < -0.3 is 5.32 Å². The van der Waals surface area contributed by atoms with Crippen LogP contribution < -0.4 is 5.32 Å². The lowest BCUT2D eigenvalue weighted by Crippen LogP contribution is -2.12. The number of rotatable bonds is 7. The Bertz CT molecular complexity index is 1360. The molecule has 0 spiro atoms. The first-order valence-corrected chi connectivity index (χ1v) is 12.1. The molecular formula is C31H30N4. The molecule has 0 bridgehead atoms. The van der Waals surface area contributed by atoms with Crippen LogP contribution in [-0.4, -0.2) is 21.5 Å². The first kappa shape index (κ1) is 22.7. The fourth-order valence-corrected chi connectivity index (χ4v) is 4.50. The number of hydrogen-bond donors (Lipinski definition) is 1. The molecule has 4 heteroatoms. The minimum atomic E-state index is -0.0109. The summed E-state index contributed by atoms with van der Waals surface area (Å²) in [6.07, 6.45) is 17.6. The van der Waals surface area contributed by atoms with Crippen molar-refractivity contribution in [1.82, 2.24) is 20.3 Å². The van der Waals surface area contributed by atoms with Gasteiger partial charge in [0.1, 0.15) is 5.82 Å². The van der Waals surface area contributed by atoms with E-state index in [2.05, 4.69) is 74.3 Å². The van der Waals surface area contributed by atoms with Crippen molar-refractivity contribution in [2.24, 2.45) is 0 Å². The molecule has 0 radical (unpaired) electrons. The summed E-state index contributed by atoms with van der Waals surface area (Å²) >= 11 is 0. The zero-order valence-electron chi connectivity index (χ0n) is 20.3. The van der Waals surface area contributed by atoms with Crippen LogP contribution in [0.2, 0.25) is 0 Å². The largest absolute Gasteiger partial charge is 0.387 e. The van der Waals surface area contributed by atoms with E-state index < -0.39 is 0 Å². The summed E-state index contributed by atoms with van der Waals surface area (Å²) < 4.78 is 0. The van der Waals surface area contributed by atoms with Gasteiger partial charge in [-0.1, -0.05) is 92.8 Å². The summed E-state index contributed by atoms with van der Waals surface area (Å²) in [5.74, 6) is 2.12. The molecule has 1 aromatic heterocycles. The molecule has 174 valence electrons. The third-order valence-corrected chi connectivity index (χ3v) is 6.49. The maximum atomic E-state index is 4.91. The Labute approximate surface area is 207 Å². The van der Waals surface area contributed by atoms with Crippen LogP contribution in [0.4, 0.5) is 0 Å². The standard InChI is InChI=1S/C31H30N4/c1-4-8-23(13-11-22-12-14-27-26(21-22)15-18-31(27,2)3)28-33-29(24-9-6-5-7-10-24)35-30(34-28)25-16-19-32-20-17-25/h4-7,9-19,21,23,32H,1,8,20H2,2-3H3/b13-11+. The summed E-state index contributed by atoms with van der Waals surface area (Å²) in [6.45, 7) is 9.25. The molecule has 4 nitrogen and oxygen atoms in total. The Morgan fingerprint density at radius 2 is 1.86 bits per heavy atom. The van der Waals surface area contributed by atoms with Crippen LogP contribution in [0.15, 0.2) is 91.7 Å². The topological polar surface area (TPSA) is 50.7 Å². The molecule has 0 amide bonds. The van der Waals surface area contributed by atoms with Gasteiger partial charge in [0.25, 0.3) is 0 Å². The minimum Gasteiger partial charge on any atom is -0.387 e. The summed E-state index contributed by atoms with van der Waals surface area (Å²) in [4.78, 5) is 14.6. The highest BCUT2D eigenvalue weighted by Gasteiger charge is 2.24. The van der Waals surface area contributed by atoms with E-state index in [-0.39, 0.29) is 11.3 Å². The maximum absolute atomic E-state index is 4.91. The number of dihydropyridines is 1. The molecule has 1 N–H and O–H groups in total. The second-order valence-electron chi connectivity index (χ2n) is 9.50. The van der Waals surface area contributed by atoms with Crippen LogP contribution in [-0.2, 0) is 5.41 Å². The van der Waals surface area contributed by atoms with E-state index in [1.165, 1.54) is 16.7 Å². The number of fused-ring (bicyclic) bond motifs is 1. The van der Waals surface area contributed by atoms with Gasteiger partial charge in [-0.3, -0.25) is 0 Å². The number of hydrogen-bond acceptors (Lipinski definition) is 4. The molecule has 1 atom stereocenters. The number of nitrogens with one attached hydrogen (secondary N) is 1. The van der Waals surface area contributed by atoms with E-state index in [9.17, 15) is 0 Å². The van der Waals surface area contributed by atoms with E-state index in [0.717, 1.165) is 29.9 Å². The molecule has 1 unspecified atom stereocenters. The second kappa shape index (κ2) is 9.67. The predicted octanol–water partition coefficient (Wildman–Crippen LogP) is 6.72. The first-order chi connectivity index (χ1) is 17.0. The molecule has 0 fully saturated rings. The van der Waals surface area contributed by atoms with E-state index in [1.807, 2.05) is 48.7 Å². The van der Waals surface area contributed by atoms with Crippen molar-refractivity contribution in [3.05, 3.63) is 120 Å². The van der Waals surface area contributed by atoms with Gasteiger partial charge in [0.05, 0.1) is 0 Å². The SMILES string of the molecule is C=CCC(/C=C/c1ccc2c(c1)C=CC2(C)C)c1nc(C2=CCNC=C2)nc(-c2ccccc2)n1. The normalized spacial score (nSPS) is 16.6. The van der Waals surface area contributed by atoms with Crippen molar-refractivity contribution >= 4 is 17.7 Å². The molecule has 0 saturated carbocycles. The Kier molecular flexibility index (Phi) is 6.28. The zero-order chi connectivity index (χ0) is 24.3. The van der Waals surface area contributed by atoms with Crippen LogP contribution in [0.3, 0.4) is 0 Å². The van der Waals surface area contributed by atoms with Gasteiger partial charge in [-0.2, -0.15) is 0 Å². The van der Waals surface area contributed by atoms with Gasteiger partial charge in [-0.25, -0.2) is 15.0 Å². The van der Waals surface area contributed by atoms with Crippen molar-refractivity contribution in [3.8, 4) is 11.4 Å². The minimum absolute atomic E-state index is 0.0109. The number of allylic oxidation sites excluding steroid dienone is 5. The van der Waals surface area contributed by atoms with Crippen molar-refractivity contribution in [2.75, 3.05) is 6.54 Å². The van der Waals surface area contributed by atoms with Crippen LogP contribution in [0.25, 0.3) is 29.1 Å². The molecule has 0 saturated heterocycles. The predicted molar refractivity (Wildman–Crippen MR) is 145 cm³/mol. The molecule has 3 aromatic rings. The van der Waals surface area contributed by atoms with Crippen molar-refractivity contribution < 1.29 is 0 Å². The summed E-state index contributed by atoms with van der Waals surface area (Å²) in [5, 5.41) is 3.19. The third-order valence-electron chi connectivity index (χ3n) is 6.49. The quantitative estimate of drug-likeness (QED) is 0.400. The van der Waals surface area contributed by atoms with Crippen molar-refractivity contribution in [2.45, 2.75) is 31.6 Å². The first-order valence-electron chi connectivity index (χ1n) is 12.1. The number of benzene rings is 2. The maximum Gasteiger partial charge on any atom is 0.163 e. The Morgan fingerprint density at radius 3 is 2.63 bits per heavy atom. The number of nitrogens with zero attached hydrogens (tertiary/aromatic N) is 3. The van der Waals surface area contributed by atoms with E-state index >= 15 is 0 Å². The van der Waals surface area contributed by atoms with Gasteiger partial charge >= 0.3 is 0 Å². The highest BCUT2D eigenvalue weighted by Crippen LogP contribution is 2.36. The lowest BCUT2D eigenvalue weighted by Gasteiger charge is -2.17. The van der Waals surface area contributed by atoms with Gasteiger partial charge in [0, 0.05) is 29.0 Å². The number of aromatic nitrogens is 3. The van der Waals surface area contributed by atoms with Crippen LogP contribution >= 0.6 is 0 Å². The molecular weight excluding hydrogens is 428 g/mol. The van der Waals surface area contributed by atoms with Crippen molar-refractivity contribution in [3.63, 3.8) is 0 Å². The third kappa shape index (κ3) is 4.92. The highest BCUT2D eigenvalue weighted by molar-refractivity contribution is 5.72. The summed E-state index contributed by atoms with van der Waals surface area (Å²) in [5.41, 5.74) is 5.90. The lowest BCUT2D eigenvalue weighted by molar-refractivity contribution is 0.683. The highest BCUT2D eigenvalue weighted by atomic mass is 15.0.